The van der Waals surface area contributed by atoms with Crippen LogP contribution in [0.4, 0.5) is 5.69 Å². The zero-order valence-electron chi connectivity index (χ0n) is 10.8. The molecule has 0 radical (unpaired) electrons. The van der Waals surface area contributed by atoms with Crippen LogP contribution in [0.1, 0.15) is 24.1 Å². The number of anilines is 1. The van der Waals surface area contributed by atoms with E-state index in [4.69, 9.17) is 11.6 Å². The van der Waals surface area contributed by atoms with Crippen LogP contribution in [-0.2, 0) is 0 Å². The summed E-state index contributed by atoms with van der Waals surface area (Å²) in [6, 6.07) is 10.1. The Kier molecular flexibility index (Phi) is 3.86. The molecule has 0 spiro atoms. The lowest BCUT2D eigenvalue weighted by atomic mass is 10.1. The predicted octanol–water partition coefficient (Wildman–Crippen LogP) is 4.23. The molecule has 0 amide bonds. The molecule has 19 heavy (non-hydrogen) atoms. The van der Waals surface area contributed by atoms with Gasteiger partial charge < -0.3 is 15.5 Å². The molecule has 2 rings (SSSR count). The first-order valence-corrected chi connectivity index (χ1v) is 6.39. The molecule has 0 aliphatic carbocycles. The van der Waals surface area contributed by atoms with Crippen LogP contribution in [0.2, 0.25) is 5.02 Å². The second-order valence-electron chi connectivity index (χ2n) is 4.57. The van der Waals surface area contributed by atoms with Gasteiger partial charge in [0.2, 0.25) is 0 Å². The standard InChI is InChI=1S/C15H16ClNO2/c1-9-7-11(16)3-6-14(9)17-10(2)13-5-4-12(18)8-15(13)19/h3-8,10,17-19H,1-2H3. The van der Waals surface area contributed by atoms with Crippen molar-refractivity contribution in [3.05, 3.63) is 52.5 Å². The molecular weight excluding hydrogens is 262 g/mol. The highest BCUT2D eigenvalue weighted by Gasteiger charge is 2.11. The van der Waals surface area contributed by atoms with Crippen molar-refractivity contribution in [3.63, 3.8) is 0 Å². The minimum absolute atomic E-state index is 0.0520. The van der Waals surface area contributed by atoms with Gasteiger partial charge in [0.25, 0.3) is 0 Å². The number of aryl methyl sites for hydroxylation is 1. The summed E-state index contributed by atoms with van der Waals surface area (Å²) in [5.41, 5.74) is 2.73. The Morgan fingerprint density at radius 1 is 1.11 bits per heavy atom. The van der Waals surface area contributed by atoms with E-state index in [0.717, 1.165) is 16.8 Å². The average molecular weight is 278 g/mol. The van der Waals surface area contributed by atoms with Crippen molar-refractivity contribution in [1.82, 2.24) is 0 Å². The number of phenols is 2. The molecule has 0 aromatic heterocycles. The fraction of sp³-hybridized carbons (Fsp3) is 0.200. The quantitative estimate of drug-likeness (QED) is 0.787. The van der Waals surface area contributed by atoms with E-state index in [1.54, 1.807) is 12.1 Å². The van der Waals surface area contributed by atoms with Crippen LogP contribution < -0.4 is 5.32 Å². The summed E-state index contributed by atoms with van der Waals surface area (Å²) in [5.74, 6) is 0.128. The maximum absolute atomic E-state index is 9.83. The third kappa shape index (κ3) is 3.12. The Balaban J connectivity index is 2.23. The van der Waals surface area contributed by atoms with Crippen LogP contribution in [0, 0.1) is 6.92 Å². The Morgan fingerprint density at radius 3 is 2.47 bits per heavy atom. The Morgan fingerprint density at radius 2 is 1.84 bits per heavy atom. The molecule has 4 heteroatoms. The van der Waals surface area contributed by atoms with Crippen molar-refractivity contribution in [2.45, 2.75) is 19.9 Å². The maximum Gasteiger partial charge on any atom is 0.124 e. The zero-order valence-corrected chi connectivity index (χ0v) is 11.6. The molecule has 0 fully saturated rings. The van der Waals surface area contributed by atoms with Crippen LogP contribution in [0.25, 0.3) is 0 Å². The summed E-state index contributed by atoms with van der Waals surface area (Å²) >= 11 is 5.92. The number of hydrogen-bond acceptors (Lipinski definition) is 3. The number of benzene rings is 2. The van der Waals surface area contributed by atoms with Gasteiger partial charge in [-0.1, -0.05) is 11.6 Å². The van der Waals surface area contributed by atoms with Crippen molar-refractivity contribution in [3.8, 4) is 11.5 Å². The minimum atomic E-state index is -0.0829. The molecule has 2 aromatic carbocycles. The summed E-state index contributed by atoms with van der Waals surface area (Å²) in [5, 5.41) is 23.1. The van der Waals surface area contributed by atoms with E-state index in [0.29, 0.717) is 5.02 Å². The van der Waals surface area contributed by atoms with E-state index in [9.17, 15) is 10.2 Å². The Hall–Kier alpha value is -1.87. The molecule has 1 unspecified atom stereocenters. The van der Waals surface area contributed by atoms with Gasteiger partial charge in [0.1, 0.15) is 11.5 Å². The molecule has 3 N–H and O–H groups in total. The molecule has 0 bridgehead atoms. The second-order valence-corrected chi connectivity index (χ2v) is 5.00. The van der Waals surface area contributed by atoms with Gasteiger partial charge in [0, 0.05) is 22.3 Å². The molecule has 1 atom stereocenters. The smallest absolute Gasteiger partial charge is 0.124 e. The number of phenolic OH excluding ortho intramolecular Hbond substituents is 2. The number of rotatable bonds is 3. The minimum Gasteiger partial charge on any atom is -0.508 e. The van der Waals surface area contributed by atoms with Crippen LogP contribution in [0.5, 0.6) is 11.5 Å². The molecule has 0 heterocycles. The highest BCUT2D eigenvalue weighted by atomic mass is 35.5. The first kappa shape index (κ1) is 13.6. The number of hydrogen-bond donors (Lipinski definition) is 3. The van der Waals surface area contributed by atoms with Crippen molar-refractivity contribution in [1.29, 1.82) is 0 Å². The van der Waals surface area contributed by atoms with Crippen LogP contribution in [0.3, 0.4) is 0 Å². The second kappa shape index (κ2) is 5.41. The van der Waals surface area contributed by atoms with E-state index in [2.05, 4.69) is 5.32 Å². The van der Waals surface area contributed by atoms with Gasteiger partial charge in [-0.25, -0.2) is 0 Å². The van der Waals surface area contributed by atoms with Gasteiger partial charge in [0.05, 0.1) is 6.04 Å². The van der Waals surface area contributed by atoms with E-state index in [1.165, 1.54) is 6.07 Å². The van der Waals surface area contributed by atoms with E-state index >= 15 is 0 Å². The summed E-state index contributed by atoms with van der Waals surface area (Å²) in [4.78, 5) is 0. The van der Waals surface area contributed by atoms with Crippen LogP contribution >= 0.6 is 11.6 Å². The van der Waals surface area contributed by atoms with Crippen molar-refractivity contribution < 1.29 is 10.2 Å². The van der Waals surface area contributed by atoms with Gasteiger partial charge in [-0.05, 0) is 49.7 Å². The third-order valence-electron chi connectivity index (χ3n) is 3.04. The summed E-state index contributed by atoms with van der Waals surface area (Å²) in [6.07, 6.45) is 0. The summed E-state index contributed by atoms with van der Waals surface area (Å²) in [6.45, 7) is 3.91. The average Bonchev–Trinajstić information content (AvgIpc) is 2.32. The van der Waals surface area contributed by atoms with E-state index < -0.39 is 0 Å². The lowest BCUT2D eigenvalue weighted by molar-refractivity contribution is 0.444. The van der Waals surface area contributed by atoms with Crippen LogP contribution in [0.15, 0.2) is 36.4 Å². The lowest BCUT2D eigenvalue weighted by Gasteiger charge is -2.18. The molecule has 0 saturated carbocycles. The summed E-state index contributed by atoms with van der Waals surface area (Å²) in [7, 11) is 0. The molecule has 0 saturated heterocycles. The highest BCUT2D eigenvalue weighted by molar-refractivity contribution is 6.30. The number of aromatic hydroxyl groups is 2. The normalized spacial score (nSPS) is 12.2. The topological polar surface area (TPSA) is 52.5 Å². The van der Waals surface area contributed by atoms with Crippen molar-refractivity contribution in [2.24, 2.45) is 0 Å². The third-order valence-corrected chi connectivity index (χ3v) is 3.28. The maximum atomic E-state index is 9.83. The van der Waals surface area contributed by atoms with E-state index in [-0.39, 0.29) is 17.5 Å². The van der Waals surface area contributed by atoms with Gasteiger partial charge in [-0.15, -0.1) is 0 Å². The fourth-order valence-electron chi connectivity index (χ4n) is 2.00. The number of nitrogens with one attached hydrogen (secondary N) is 1. The lowest BCUT2D eigenvalue weighted by Crippen LogP contribution is -2.07. The molecule has 3 nitrogen and oxygen atoms in total. The monoisotopic (exact) mass is 277 g/mol. The Labute approximate surface area is 117 Å². The van der Waals surface area contributed by atoms with Gasteiger partial charge >= 0.3 is 0 Å². The molecular formula is C15H16ClNO2. The molecule has 0 aliphatic rings. The largest absolute Gasteiger partial charge is 0.508 e. The molecule has 2 aromatic rings. The molecule has 100 valence electrons. The number of halogens is 1. The summed E-state index contributed by atoms with van der Waals surface area (Å²) < 4.78 is 0. The molecule has 0 aliphatic heterocycles. The SMILES string of the molecule is Cc1cc(Cl)ccc1NC(C)c1ccc(O)cc1O. The van der Waals surface area contributed by atoms with Gasteiger partial charge in [-0.3, -0.25) is 0 Å². The van der Waals surface area contributed by atoms with Crippen molar-refractivity contribution in [2.75, 3.05) is 5.32 Å². The van der Waals surface area contributed by atoms with E-state index in [1.807, 2.05) is 32.0 Å². The van der Waals surface area contributed by atoms with Gasteiger partial charge in [0.15, 0.2) is 0 Å². The Bertz CT molecular complexity index is 599. The first-order valence-electron chi connectivity index (χ1n) is 6.02. The predicted molar refractivity (Wildman–Crippen MR) is 78.0 cm³/mol. The zero-order chi connectivity index (χ0) is 14.0. The highest BCUT2D eigenvalue weighted by Crippen LogP contribution is 2.31. The van der Waals surface area contributed by atoms with Gasteiger partial charge in [-0.2, -0.15) is 0 Å². The fourth-order valence-corrected chi connectivity index (χ4v) is 2.22. The van der Waals surface area contributed by atoms with Crippen molar-refractivity contribution >= 4 is 17.3 Å². The first-order chi connectivity index (χ1) is 8.97. The van der Waals surface area contributed by atoms with Crippen LogP contribution in [-0.4, -0.2) is 10.2 Å².